The minimum Gasteiger partial charge on any atom is -0.388 e. The first-order valence-electron chi connectivity index (χ1n) is 3.73. The molecule has 3 atom stereocenters. The maximum Gasteiger partial charge on any atom is 0.481 e. The number of rotatable bonds is 4. The molecule has 0 aromatic heterocycles. The smallest absolute Gasteiger partial charge is 0.388 e. The summed E-state index contributed by atoms with van der Waals surface area (Å²) >= 11 is 0. The molecule has 0 amide bonds. The van der Waals surface area contributed by atoms with Crippen LogP contribution in [0.5, 0.6) is 0 Å². The predicted molar refractivity (Wildman–Crippen MR) is 44.7 cm³/mol. The molecule has 1 saturated heterocycles. The van der Waals surface area contributed by atoms with Gasteiger partial charge in [-0.25, -0.2) is 9.13 Å². The van der Waals surface area contributed by atoms with Crippen molar-refractivity contribution in [3.05, 3.63) is 0 Å². The topological polar surface area (TPSA) is 143 Å². The van der Waals surface area contributed by atoms with Crippen molar-refractivity contribution in [2.45, 2.75) is 12.2 Å². The highest BCUT2D eigenvalue weighted by Gasteiger charge is 2.39. The second-order valence-corrected chi connectivity index (χ2v) is 5.57. The van der Waals surface area contributed by atoms with Crippen LogP contribution in [0.2, 0.25) is 0 Å². The van der Waals surface area contributed by atoms with Crippen LogP contribution in [0.1, 0.15) is 0 Å². The Morgan fingerprint density at radius 3 is 2.20 bits per heavy atom. The lowest BCUT2D eigenvalue weighted by Crippen LogP contribution is -2.26. The van der Waals surface area contributed by atoms with Crippen LogP contribution in [0.3, 0.4) is 0 Å². The SMILES string of the molecule is O=P(O)(O)OP(=O)(O)O[C@H]1COC[C@@H]1O. The van der Waals surface area contributed by atoms with E-state index in [1.807, 2.05) is 0 Å². The first-order chi connectivity index (χ1) is 6.70. The Balaban J connectivity index is 2.56. The summed E-state index contributed by atoms with van der Waals surface area (Å²) in [6, 6.07) is 0. The maximum atomic E-state index is 11.0. The summed E-state index contributed by atoms with van der Waals surface area (Å²) in [7, 11) is -10.0. The molecule has 0 aliphatic carbocycles. The molecule has 4 N–H and O–H groups in total. The van der Waals surface area contributed by atoms with Gasteiger partial charge in [0.15, 0.2) is 0 Å². The lowest BCUT2D eigenvalue weighted by molar-refractivity contribution is 0.0492. The van der Waals surface area contributed by atoms with Crippen LogP contribution in [0.4, 0.5) is 0 Å². The van der Waals surface area contributed by atoms with Crippen LogP contribution in [0, 0.1) is 0 Å². The minimum atomic E-state index is -5.12. The Morgan fingerprint density at radius 1 is 1.20 bits per heavy atom. The second kappa shape index (κ2) is 4.58. The Hall–Kier alpha value is 0.180. The molecule has 0 aromatic carbocycles. The summed E-state index contributed by atoms with van der Waals surface area (Å²) in [5.41, 5.74) is 0. The van der Waals surface area contributed by atoms with Crippen molar-refractivity contribution in [1.29, 1.82) is 0 Å². The summed E-state index contributed by atoms with van der Waals surface area (Å²) in [5, 5.41) is 9.12. The molecule has 0 spiro atoms. The second-order valence-electron chi connectivity index (χ2n) is 2.79. The van der Waals surface area contributed by atoms with Gasteiger partial charge in [0.2, 0.25) is 0 Å². The average molecular weight is 264 g/mol. The lowest BCUT2D eigenvalue weighted by atomic mass is 10.3. The normalized spacial score (nSPS) is 31.5. The summed E-state index contributed by atoms with van der Waals surface area (Å²) in [4.78, 5) is 25.4. The van der Waals surface area contributed by atoms with Gasteiger partial charge in [-0.3, -0.25) is 4.52 Å². The molecule has 11 heteroatoms. The predicted octanol–water partition coefficient (Wildman–Crippen LogP) is -1.03. The van der Waals surface area contributed by atoms with Crippen molar-refractivity contribution in [3.8, 4) is 0 Å². The molecule has 9 nitrogen and oxygen atoms in total. The Morgan fingerprint density at radius 2 is 1.80 bits per heavy atom. The van der Waals surface area contributed by atoms with Crippen molar-refractivity contribution >= 4 is 15.6 Å². The van der Waals surface area contributed by atoms with Gasteiger partial charge in [-0.05, 0) is 0 Å². The van der Waals surface area contributed by atoms with Crippen molar-refractivity contribution < 1.29 is 42.5 Å². The summed E-state index contributed by atoms with van der Waals surface area (Å²) in [6.07, 6.45) is -2.28. The Kier molecular flexibility index (Phi) is 4.05. The maximum absolute atomic E-state index is 11.0. The fourth-order valence-corrected chi connectivity index (χ4v) is 2.72. The van der Waals surface area contributed by atoms with Crippen molar-refractivity contribution in [1.82, 2.24) is 0 Å². The summed E-state index contributed by atoms with van der Waals surface area (Å²) in [5.74, 6) is 0. The van der Waals surface area contributed by atoms with E-state index in [0.717, 1.165) is 0 Å². The largest absolute Gasteiger partial charge is 0.481 e. The van der Waals surface area contributed by atoms with Gasteiger partial charge in [-0.15, -0.1) is 0 Å². The number of aliphatic hydroxyl groups excluding tert-OH is 1. The van der Waals surface area contributed by atoms with Crippen molar-refractivity contribution in [2.24, 2.45) is 0 Å². The zero-order chi connectivity index (χ0) is 11.7. The van der Waals surface area contributed by atoms with Crippen LogP contribution < -0.4 is 0 Å². The molecular formula is C4H10O9P2. The molecule has 0 bridgehead atoms. The van der Waals surface area contributed by atoms with Crippen LogP contribution >= 0.6 is 15.6 Å². The summed E-state index contributed by atoms with van der Waals surface area (Å²) in [6.45, 7) is -0.239. The molecule has 1 heterocycles. The Bertz CT molecular complexity index is 309. The van der Waals surface area contributed by atoms with Crippen LogP contribution in [-0.2, 0) is 22.7 Å². The number of aliphatic hydroxyl groups is 1. The molecule has 90 valence electrons. The Labute approximate surface area is 84.4 Å². The molecule has 15 heavy (non-hydrogen) atoms. The lowest BCUT2D eigenvalue weighted by Gasteiger charge is -2.17. The molecule has 1 aliphatic rings. The van der Waals surface area contributed by atoms with Crippen LogP contribution in [0.25, 0.3) is 0 Å². The molecule has 0 saturated carbocycles. The zero-order valence-electron chi connectivity index (χ0n) is 7.29. The molecule has 0 aromatic rings. The minimum absolute atomic E-state index is 0.0828. The van der Waals surface area contributed by atoms with E-state index in [9.17, 15) is 9.13 Å². The van der Waals surface area contributed by atoms with Gasteiger partial charge in [0, 0.05) is 0 Å². The van der Waals surface area contributed by atoms with E-state index in [1.165, 1.54) is 0 Å². The highest BCUT2D eigenvalue weighted by Crippen LogP contribution is 2.58. The van der Waals surface area contributed by atoms with Crippen LogP contribution in [0.15, 0.2) is 0 Å². The van der Waals surface area contributed by atoms with Gasteiger partial charge >= 0.3 is 15.6 Å². The van der Waals surface area contributed by atoms with E-state index >= 15 is 0 Å². The molecule has 1 rings (SSSR count). The highest BCUT2D eigenvalue weighted by atomic mass is 31.3. The van der Waals surface area contributed by atoms with Gasteiger partial charge < -0.3 is 24.5 Å². The van der Waals surface area contributed by atoms with E-state index in [2.05, 4.69) is 13.6 Å². The third-order valence-corrected chi connectivity index (χ3v) is 3.69. The number of phosphoric ester groups is 1. The first-order valence-corrected chi connectivity index (χ1v) is 6.76. The third-order valence-electron chi connectivity index (χ3n) is 1.48. The van der Waals surface area contributed by atoms with E-state index in [-0.39, 0.29) is 13.2 Å². The van der Waals surface area contributed by atoms with E-state index in [0.29, 0.717) is 0 Å². The number of hydrogen-bond donors (Lipinski definition) is 4. The first kappa shape index (κ1) is 13.2. The third kappa shape index (κ3) is 4.69. The van der Waals surface area contributed by atoms with E-state index in [4.69, 9.17) is 19.8 Å². The fraction of sp³-hybridized carbons (Fsp3) is 1.00. The van der Waals surface area contributed by atoms with Gasteiger partial charge in [-0.2, -0.15) is 4.31 Å². The zero-order valence-corrected chi connectivity index (χ0v) is 9.08. The standard InChI is InChI=1S/C4H10O9P2/c5-3-1-11-2-4(3)12-15(9,10)13-14(6,7)8/h3-5H,1-2H2,(H,9,10)(H2,6,7,8)/t3-,4-/m0/s1. The molecule has 1 unspecified atom stereocenters. The number of ether oxygens (including phenoxy) is 1. The molecule has 1 fully saturated rings. The van der Waals surface area contributed by atoms with E-state index < -0.39 is 27.9 Å². The molecular weight excluding hydrogens is 254 g/mol. The fourth-order valence-electron chi connectivity index (χ4n) is 0.949. The molecule has 0 radical (unpaired) electrons. The van der Waals surface area contributed by atoms with Gasteiger partial charge in [0.25, 0.3) is 0 Å². The number of hydrogen-bond acceptors (Lipinski definition) is 6. The van der Waals surface area contributed by atoms with Gasteiger partial charge in [0.1, 0.15) is 12.2 Å². The van der Waals surface area contributed by atoms with Crippen molar-refractivity contribution in [2.75, 3.05) is 13.2 Å². The molecule has 1 aliphatic heterocycles. The number of phosphoric acid groups is 2. The van der Waals surface area contributed by atoms with Gasteiger partial charge in [-0.1, -0.05) is 0 Å². The highest BCUT2D eigenvalue weighted by molar-refractivity contribution is 7.60. The quantitative estimate of drug-likeness (QED) is 0.468. The average Bonchev–Trinajstić information content (AvgIpc) is 2.29. The summed E-state index contributed by atoms with van der Waals surface area (Å²) < 4.78 is 33.8. The van der Waals surface area contributed by atoms with Crippen molar-refractivity contribution in [3.63, 3.8) is 0 Å². The van der Waals surface area contributed by atoms with Gasteiger partial charge in [0.05, 0.1) is 13.2 Å². The van der Waals surface area contributed by atoms with E-state index in [1.54, 1.807) is 0 Å². The monoisotopic (exact) mass is 264 g/mol. The van der Waals surface area contributed by atoms with Crippen LogP contribution in [-0.4, -0.2) is 45.2 Å².